The average Bonchev–Trinajstić information content (AvgIpc) is 4.05. The maximum Gasteiger partial charge on any atom is 2.00 e. The summed E-state index contributed by atoms with van der Waals surface area (Å²) in [6.07, 6.45) is 5.73. The first kappa shape index (κ1) is 47.6. The summed E-state index contributed by atoms with van der Waals surface area (Å²) < 4.78 is 11.0. The number of para-hydroxylation sites is 4. The summed E-state index contributed by atoms with van der Waals surface area (Å²) >= 11 is 0. The van der Waals surface area contributed by atoms with Crippen LogP contribution in [0.3, 0.4) is 0 Å². The second kappa shape index (κ2) is 18.8. The number of hydrogen-bond donors (Lipinski definition) is 1. The number of benzene rings is 9. The number of phenolic OH excluding ortho intramolecular Hbond substituents is 1. The third-order valence-electron chi connectivity index (χ3n) is 14.7. The Morgan fingerprint density at radius 1 is 0.573 bits per heavy atom. The third kappa shape index (κ3) is 7.94. The van der Waals surface area contributed by atoms with Crippen molar-refractivity contribution in [2.24, 2.45) is 0 Å². The smallest absolute Gasteiger partial charge is 0.508 e. The molecule has 364 valence electrons. The number of nitrogens with zero attached hydrogens (tertiary/aromatic N) is 5. The zero-order valence-corrected chi connectivity index (χ0v) is 44.5. The topological polar surface area (TPSA) is 57.6 Å². The molecule has 9 aromatic carbocycles. The first-order valence-corrected chi connectivity index (χ1v) is 25.2. The average molecular weight is 1150 g/mol. The fourth-order valence-corrected chi connectivity index (χ4v) is 11.2. The summed E-state index contributed by atoms with van der Waals surface area (Å²) in [5.74, 6) is 1.50. The molecule has 2 aromatic heterocycles. The Morgan fingerprint density at radius 2 is 1.16 bits per heavy atom. The van der Waals surface area contributed by atoms with E-state index in [4.69, 9.17) is 9.72 Å². The fraction of sp³-hybridized carbons (Fsp3) is 0.0909. The van der Waals surface area contributed by atoms with E-state index in [2.05, 4.69) is 237 Å². The molecule has 75 heavy (non-hydrogen) atoms. The van der Waals surface area contributed by atoms with Gasteiger partial charge in [-0.05, 0) is 111 Å². The number of aromatic nitrogens is 3. The Balaban J connectivity index is 0.00000569. The maximum absolute atomic E-state index is 12.7. The van der Waals surface area contributed by atoms with Crippen LogP contribution in [0.1, 0.15) is 37.5 Å². The van der Waals surface area contributed by atoms with Crippen molar-refractivity contribution in [3.63, 3.8) is 0 Å². The van der Waals surface area contributed by atoms with Gasteiger partial charge in [-0.1, -0.05) is 201 Å². The summed E-state index contributed by atoms with van der Waals surface area (Å²) in [6.45, 7) is 10.7. The molecule has 0 amide bonds. The van der Waals surface area contributed by atoms with E-state index in [1.165, 1.54) is 22.2 Å². The largest absolute Gasteiger partial charge is 2.00 e. The van der Waals surface area contributed by atoms with Gasteiger partial charge in [-0.3, -0.25) is 9.13 Å². The normalized spacial score (nSPS) is 12.5. The number of phenols is 1. The Bertz CT molecular complexity index is 3980. The molecular formula is C66H51BN5O2Pt+. The van der Waals surface area contributed by atoms with Crippen molar-refractivity contribution in [2.75, 3.05) is 9.62 Å². The van der Waals surface area contributed by atoms with E-state index in [0.29, 0.717) is 11.4 Å². The maximum atomic E-state index is 12.7. The van der Waals surface area contributed by atoms with Gasteiger partial charge in [0.05, 0.1) is 16.7 Å². The first-order chi connectivity index (χ1) is 36.1. The monoisotopic (exact) mass is 1150 g/mol. The zero-order valence-electron chi connectivity index (χ0n) is 42.2. The van der Waals surface area contributed by atoms with Gasteiger partial charge in [0.25, 0.3) is 6.33 Å². The molecule has 0 fully saturated rings. The summed E-state index contributed by atoms with van der Waals surface area (Å²) in [5, 5.41) is 12.7. The van der Waals surface area contributed by atoms with Gasteiger partial charge in [0.1, 0.15) is 11.5 Å². The molecule has 13 rings (SSSR count). The quantitative estimate of drug-likeness (QED) is 0.0979. The molecule has 0 atom stereocenters. The van der Waals surface area contributed by atoms with Gasteiger partial charge in [0, 0.05) is 17.6 Å². The number of ether oxygens (including phenoxy) is 1. The van der Waals surface area contributed by atoms with Crippen LogP contribution >= 0.6 is 0 Å². The molecule has 11 aromatic rings. The molecule has 0 unspecified atom stereocenters. The van der Waals surface area contributed by atoms with Crippen molar-refractivity contribution in [3.8, 4) is 73.1 Å². The van der Waals surface area contributed by atoms with E-state index >= 15 is 0 Å². The summed E-state index contributed by atoms with van der Waals surface area (Å²) in [6, 6.07) is 75.5. The predicted molar refractivity (Wildman–Crippen MR) is 301 cm³/mol. The van der Waals surface area contributed by atoms with Gasteiger partial charge >= 0.3 is 28.0 Å². The van der Waals surface area contributed by atoms with E-state index < -0.39 is 0 Å². The van der Waals surface area contributed by atoms with Crippen LogP contribution in [0.15, 0.2) is 212 Å². The minimum absolute atomic E-state index is 0. The Labute approximate surface area is 453 Å². The van der Waals surface area contributed by atoms with E-state index in [0.717, 1.165) is 84.1 Å². The molecule has 2 aliphatic heterocycles. The van der Waals surface area contributed by atoms with Crippen molar-refractivity contribution in [1.29, 1.82) is 0 Å². The van der Waals surface area contributed by atoms with Crippen molar-refractivity contribution in [1.82, 2.24) is 9.55 Å². The number of fused-ring (bicyclic) bond motifs is 8. The van der Waals surface area contributed by atoms with Gasteiger partial charge in [0.2, 0.25) is 0 Å². The number of hydrogen-bond acceptors (Lipinski definition) is 5. The van der Waals surface area contributed by atoms with Crippen molar-refractivity contribution in [3.05, 3.63) is 242 Å². The van der Waals surface area contributed by atoms with Crippen LogP contribution in [0.2, 0.25) is 0 Å². The van der Waals surface area contributed by atoms with Crippen LogP contribution in [0.5, 0.6) is 17.2 Å². The molecule has 1 N–H and O–H groups in total. The number of aryl methyl sites for hydroxylation is 2. The summed E-state index contributed by atoms with van der Waals surface area (Å²) in [5.41, 5.74) is 19.5. The number of rotatable bonds is 7. The number of anilines is 4. The van der Waals surface area contributed by atoms with Crippen LogP contribution < -0.4 is 24.4 Å². The van der Waals surface area contributed by atoms with E-state index in [1.54, 1.807) is 6.07 Å². The van der Waals surface area contributed by atoms with Gasteiger partial charge in [-0.2, -0.15) is 0 Å². The summed E-state index contributed by atoms with van der Waals surface area (Å²) in [4.78, 5) is 9.75. The van der Waals surface area contributed by atoms with E-state index in [-0.39, 0.29) is 45.0 Å². The second-order valence-corrected chi connectivity index (χ2v) is 20.3. The SMILES string of the molecule is Cc1cccc(C)c1B1N(c2cc(C(C)(C)C)ccn2)c2[c-]c(Oc3cccc(-n4[c-][n+]5c6c(cccc64)-c4ccccc4-c4ccccc4-c4cccc(-c6ccccc6)c4-5)c3O)ccc2N1c1ccccc1.[Pt+2]. The molecule has 0 bridgehead atoms. The molecule has 0 saturated heterocycles. The number of pyridine rings is 1. The van der Waals surface area contributed by atoms with E-state index in [1.807, 2.05) is 35.0 Å². The number of imidazole rings is 1. The first-order valence-electron chi connectivity index (χ1n) is 25.2. The van der Waals surface area contributed by atoms with E-state index in [9.17, 15) is 5.11 Å². The molecule has 0 saturated carbocycles. The van der Waals surface area contributed by atoms with Crippen LogP contribution in [-0.4, -0.2) is 21.6 Å². The Morgan fingerprint density at radius 3 is 1.87 bits per heavy atom. The van der Waals surface area contributed by atoms with Crippen LogP contribution in [0.4, 0.5) is 22.9 Å². The summed E-state index contributed by atoms with van der Waals surface area (Å²) in [7, 11) is 0. The van der Waals surface area contributed by atoms with Crippen molar-refractivity contribution >= 4 is 46.4 Å². The molecule has 0 aliphatic carbocycles. The fourth-order valence-electron chi connectivity index (χ4n) is 11.2. The molecular weight excluding hydrogens is 1100 g/mol. The second-order valence-electron chi connectivity index (χ2n) is 20.3. The van der Waals surface area contributed by atoms with Gasteiger partial charge in [-0.25, -0.2) is 4.98 Å². The Kier molecular flexibility index (Phi) is 11.9. The minimum atomic E-state index is -0.304. The molecule has 2 aliphatic rings. The van der Waals surface area contributed by atoms with Crippen LogP contribution in [0, 0.1) is 26.2 Å². The molecule has 0 radical (unpaired) electrons. The standard InChI is InChI=1S/C66H51BN5O2.Pt/c1-43-20-16-21-44(2)62(43)67-71(47-24-10-7-11-25-47)56-37-36-48(41-59(56)72(67)61-40-46(38-39-68-61)66(3,4)5)74-60-35-19-34-58(65(60)73)69-42-70-63-49(45-22-8-6-9-23-45)30-17-31-54(63)52-28-14-12-26-50(52)51-27-13-15-29-53(51)55-32-18-33-57(69)64(55)70;/h6-40,73H,1-5H3;/q-1;+2. The third-order valence-corrected chi connectivity index (χ3v) is 14.7. The molecule has 4 heterocycles. The van der Waals surface area contributed by atoms with Crippen LogP contribution in [0.25, 0.3) is 66.9 Å². The van der Waals surface area contributed by atoms with Crippen LogP contribution in [-0.2, 0) is 26.5 Å². The Hall–Kier alpha value is -8.45. The molecule has 7 nitrogen and oxygen atoms in total. The van der Waals surface area contributed by atoms with Gasteiger partial charge < -0.3 is 19.5 Å². The number of aromatic hydroxyl groups is 1. The van der Waals surface area contributed by atoms with Gasteiger partial charge in [-0.15, -0.1) is 18.2 Å². The van der Waals surface area contributed by atoms with Gasteiger partial charge in [0.15, 0.2) is 11.5 Å². The zero-order chi connectivity index (χ0) is 50.2. The van der Waals surface area contributed by atoms with Crippen molar-refractivity contribution < 1.29 is 35.5 Å². The van der Waals surface area contributed by atoms with Crippen molar-refractivity contribution in [2.45, 2.75) is 40.0 Å². The predicted octanol–water partition coefficient (Wildman–Crippen LogP) is 15.0. The minimum Gasteiger partial charge on any atom is -0.508 e. The molecule has 0 spiro atoms. The molecule has 9 heteroatoms.